The molecule has 0 fully saturated rings. The van der Waals surface area contributed by atoms with Crippen LogP contribution in [0.1, 0.15) is 25.5 Å². The van der Waals surface area contributed by atoms with Crippen LogP contribution >= 0.6 is 0 Å². The van der Waals surface area contributed by atoms with Gasteiger partial charge in [0.05, 0.1) is 6.10 Å². The standard InChI is InChI=1S/C12H14F2O/c1-9(12(2,13)14)8-11(15)10-6-4-3-5-7-10/h3-8,11,15H,1-2H3/b9-8+. The lowest BCUT2D eigenvalue weighted by molar-refractivity contribution is 0.0612. The van der Waals surface area contributed by atoms with Crippen molar-refractivity contribution in [2.75, 3.05) is 0 Å². The van der Waals surface area contributed by atoms with Gasteiger partial charge < -0.3 is 5.11 Å². The Balaban J connectivity index is 2.84. The highest BCUT2D eigenvalue weighted by Gasteiger charge is 2.24. The lowest BCUT2D eigenvalue weighted by Gasteiger charge is -2.13. The van der Waals surface area contributed by atoms with Crippen LogP contribution in [0.5, 0.6) is 0 Å². The molecule has 15 heavy (non-hydrogen) atoms. The van der Waals surface area contributed by atoms with E-state index in [9.17, 15) is 13.9 Å². The molecule has 0 saturated heterocycles. The van der Waals surface area contributed by atoms with Gasteiger partial charge in [0.25, 0.3) is 5.92 Å². The molecular weight excluding hydrogens is 198 g/mol. The van der Waals surface area contributed by atoms with Crippen LogP contribution in [-0.4, -0.2) is 11.0 Å². The Morgan fingerprint density at radius 1 is 1.33 bits per heavy atom. The lowest BCUT2D eigenvalue weighted by atomic mass is 10.0. The summed E-state index contributed by atoms with van der Waals surface area (Å²) in [6, 6.07) is 8.71. The number of rotatable bonds is 3. The number of aliphatic hydroxyl groups excluding tert-OH is 1. The predicted octanol–water partition coefficient (Wildman–Crippen LogP) is 3.32. The molecule has 0 radical (unpaired) electrons. The van der Waals surface area contributed by atoms with Crippen molar-refractivity contribution in [3.05, 3.63) is 47.5 Å². The van der Waals surface area contributed by atoms with Gasteiger partial charge in [-0.25, -0.2) is 8.78 Å². The summed E-state index contributed by atoms with van der Waals surface area (Å²) in [5.74, 6) is -2.88. The Hall–Kier alpha value is -1.22. The van der Waals surface area contributed by atoms with E-state index < -0.39 is 12.0 Å². The molecule has 0 saturated carbocycles. The molecule has 1 aromatic carbocycles. The normalized spacial score (nSPS) is 15.1. The van der Waals surface area contributed by atoms with Crippen LogP contribution in [0.4, 0.5) is 8.78 Å². The van der Waals surface area contributed by atoms with Crippen molar-refractivity contribution < 1.29 is 13.9 Å². The van der Waals surface area contributed by atoms with Gasteiger partial charge in [-0.05, 0) is 24.1 Å². The highest BCUT2D eigenvalue weighted by molar-refractivity contribution is 5.23. The zero-order valence-electron chi connectivity index (χ0n) is 8.74. The van der Waals surface area contributed by atoms with E-state index in [0.717, 1.165) is 6.92 Å². The third-order valence-corrected chi connectivity index (χ3v) is 2.24. The first-order valence-corrected chi connectivity index (χ1v) is 4.71. The molecular formula is C12H14F2O. The second-order valence-corrected chi connectivity index (χ2v) is 3.59. The second-order valence-electron chi connectivity index (χ2n) is 3.59. The second kappa shape index (κ2) is 4.53. The maximum absolute atomic E-state index is 12.8. The van der Waals surface area contributed by atoms with Gasteiger partial charge >= 0.3 is 0 Å². The molecule has 0 heterocycles. The van der Waals surface area contributed by atoms with Crippen molar-refractivity contribution in [3.8, 4) is 0 Å². The van der Waals surface area contributed by atoms with E-state index in [1.54, 1.807) is 30.3 Å². The molecule has 1 N–H and O–H groups in total. The molecule has 0 bridgehead atoms. The number of benzene rings is 1. The van der Waals surface area contributed by atoms with E-state index >= 15 is 0 Å². The first-order chi connectivity index (χ1) is 6.91. The molecule has 1 unspecified atom stereocenters. The average molecular weight is 212 g/mol. The molecule has 0 aliphatic rings. The first-order valence-electron chi connectivity index (χ1n) is 4.71. The van der Waals surface area contributed by atoms with Gasteiger partial charge in [0.15, 0.2) is 0 Å². The van der Waals surface area contributed by atoms with Crippen molar-refractivity contribution in [1.29, 1.82) is 0 Å². The topological polar surface area (TPSA) is 20.2 Å². The van der Waals surface area contributed by atoms with E-state index in [1.807, 2.05) is 0 Å². The quantitative estimate of drug-likeness (QED) is 0.762. The van der Waals surface area contributed by atoms with Crippen molar-refractivity contribution in [3.63, 3.8) is 0 Å². The van der Waals surface area contributed by atoms with Gasteiger partial charge in [-0.2, -0.15) is 0 Å². The number of hydrogen-bond donors (Lipinski definition) is 1. The van der Waals surface area contributed by atoms with E-state index in [1.165, 1.54) is 13.0 Å². The monoisotopic (exact) mass is 212 g/mol. The Labute approximate surface area is 88.1 Å². The first kappa shape index (κ1) is 11.9. The van der Waals surface area contributed by atoms with Gasteiger partial charge in [0, 0.05) is 6.92 Å². The van der Waals surface area contributed by atoms with Crippen LogP contribution in [0.25, 0.3) is 0 Å². The minimum absolute atomic E-state index is 0.126. The van der Waals surface area contributed by atoms with Crippen LogP contribution in [0.3, 0.4) is 0 Å². The molecule has 0 amide bonds. The van der Waals surface area contributed by atoms with Gasteiger partial charge in [0.1, 0.15) is 0 Å². The van der Waals surface area contributed by atoms with Gasteiger partial charge in [-0.3, -0.25) is 0 Å². The maximum atomic E-state index is 12.8. The molecule has 82 valence electrons. The maximum Gasteiger partial charge on any atom is 0.266 e. The molecule has 0 aromatic heterocycles. The van der Waals surface area contributed by atoms with Gasteiger partial charge in [-0.15, -0.1) is 0 Å². The summed E-state index contributed by atoms with van der Waals surface area (Å²) < 4.78 is 25.6. The Morgan fingerprint density at radius 3 is 2.33 bits per heavy atom. The molecule has 0 aliphatic heterocycles. The van der Waals surface area contributed by atoms with Crippen molar-refractivity contribution in [1.82, 2.24) is 0 Å². The summed E-state index contributed by atoms with van der Waals surface area (Å²) in [5, 5.41) is 9.64. The van der Waals surface area contributed by atoms with Crippen molar-refractivity contribution in [2.45, 2.75) is 25.9 Å². The number of allylic oxidation sites excluding steroid dienone is 1. The van der Waals surface area contributed by atoms with E-state index in [4.69, 9.17) is 0 Å². The number of hydrogen-bond acceptors (Lipinski definition) is 1. The predicted molar refractivity (Wildman–Crippen MR) is 55.8 cm³/mol. The smallest absolute Gasteiger partial charge is 0.266 e. The molecule has 3 heteroatoms. The van der Waals surface area contributed by atoms with Gasteiger partial charge in [-0.1, -0.05) is 30.3 Å². The van der Waals surface area contributed by atoms with E-state index in [-0.39, 0.29) is 5.57 Å². The minimum Gasteiger partial charge on any atom is -0.384 e. The number of aliphatic hydroxyl groups is 1. The molecule has 1 rings (SSSR count). The fraction of sp³-hybridized carbons (Fsp3) is 0.333. The minimum atomic E-state index is -2.88. The number of halogens is 2. The lowest BCUT2D eigenvalue weighted by Crippen LogP contribution is -2.12. The third kappa shape index (κ3) is 3.44. The fourth-order valence-corrected chi connectivity index (χ4v) is 1.13. The Bertz CT molecular complexity index is 338. The molecule has 0 spiro atoms. The number of alkyl halides is 2. The summed E-state index contributed by atoms with van der Waals surface area (Å²) in [7, 11) is 0. The summed E-state index contributed by atoms with van der Waals surface area (Å²) >= 11 is 0. The highest BCUT2D eigenvalue weighted by Crippen LogP contribution is 2.25. The summed E-state index contributed by atoms with van der Waals surface area (Å²) in [5.41, 5.74) is 0.486. The molecule has 1 nitrogen and oxygen atoms in total. The zero-order valence-corrected chi connectivity index (χ0v) is 8.74. The van der Waals surface area contributed by atoms with E-state index in [0.29, 0.717) is 5.56 Å². The Morgan fingerprint density at radius 2 is 1.87 bits per heavy atom. The molecule has 1 aromatic rings. The summed E-state index contributed by atoms with van der Waals surface area (Å²) in [6.07, 6.45) is 0.201. The average Bonchev–Trinajstić information content (AvgIpc) is 2.17. The van der Waals surface area contributed by atoms with Crippen LogP contribution < -0.4 is 0 Å². The largest absolute Gasteiger partial charge is 0.384 e. The highest BCUT2D eigenvalue weighted by atomic mass is 19.3. The van der Waals surface area contributed by atoms with Gasteiger partial charge in [0.2, 0.25) is 0 Å². The van der Waals surface area contributed by atoms with Crippen LogP contribution in [0, 0.1) is 0 Å². The summed E-state index contributed by atoms with van der Waals surface area (Å²) in [4.78, 5) is 0. The van der Waals surface area contributed by atoms with Crippen LogP contribution in [-0.2, 0) is 0 Å². The van der Waals surface area contributed by atoms with Crippen LogP contribution in [0.2, 0.25) is 0 Å². The molecule has 0 aliphatic carbocycles. The van der Waals surface area contributed by atoms with Crippen molar-refractivity contribution in [2.24, 2.45) is 0 Å². The fourth-order valence-electron chi connectivity index (χ4n) is 1.13. The van der Waals surface area contributed by atoms with Crippen molar-refractivity contribution >= 4 is 0 Å². The van der Waals surface area contributed by atoms with E-state index in [2.05, 4.69) is 0 Å². The molecule has 1 atom stereocenters. The van der Waals surface area contributed by atoms with Crippen LogP contribution in [0.15, 0.2) is 42.0 Å². The third-order valence-electron chi connectivity index (χ3n) is 2.24. The zero-order chi connectivity index (χ0) is 11.5. The summed E-state index contributed by atoms with van der Waals surface area (Å²) in [6.45, 7) is 2.13. The Kier molecular flexibility index (Phi) is 3.58. The SMILES string of the molecule is C/C(=C\C(O)c1ccccc1)C(C)(F)F.